The minimum atomic E-state index is -0.243. The number of nitrogens with one attached hydrogen (secondary N) is 1. The third-order valence-corrected chi connectivity index (χ3v) is 4.81. The highest BCUT2D eigenvalue weighted by molar-refractivity contribution is 6.13. The molecule has 0 bridgehead atoms. The topological polar surface area (TPSA) is 85.8 Å². The van der Waals surface area contributed by atoms with E-state index < -0.39 is 0 Å². The van der Waals surface area contributed by atoms with E-state index in [2.05, 4.69) is 39.9 Å². The average Bonchev–Trinajstić information content (AvgIpc) is 2.94. The molecular weight excluding hydrogens is 421 g/mol. The van der Waals surface area contributed by atoms with Crippen LogP contribution in [0.3, 0.4) is 0 Å². The quantitative estimate of drug-likeness (QED) is 0.506. The molecule has 0 unspecified atom stereocenters. The summed E-state index contributed by atoms with van der Waals surface area (Å²) in [5.41, 5.74) is 10.9. The lowest BCUT2D eigenvalue weighted by Gasteiger charge is -2.20. The number of rotatable bonds is 3. The van der Waals surface area contributed by atoms with Crippen LogP contribution in [0.4, 0.5) is 11.4 Å². The van der Waals surface area contributed by atoms with Crippen molar-refractivity contribution in [3.8, 4) is 0 Å². The number of aromatic nitrogens is 3. The van der Waals surface area contributed by atoms with Gasteiger partial charge in [-0.15, -0.1) is 24.8 Å². The predicted octanol–water partition coefficient (Wildman–Crippen LogP) is 5.60. The van der Waals surface area contributed by atoms with E-state index >= 15 is 0 Å². The minimum Gasteiger partial charge on any atom is -0.399 e. The van der Waals surface area contributed by atoms with Crippen LogP contribution in [0.25, 0.3) is 11.0 Å². The zero-order valence-corrected chi connectivity index (χ0v) is 20.2. The van der Waals surface area contributed by atoms with Crippen LogP contribution in [0.1, 0.15) is 67.8 Å². The number of carbonyl (C=O) groups excluding carboxylic acids is 1. The van der Waals surface area contributed by atoms with Gasteiger partial charge in [-0.25, -0.2) is 9.67 Å². The number of fused-ring (bicyclic) bond motifs is 1. The molecule has 8 heteroatoms. The number of pyridine rings is 1. The van der Waals surface area contributed by atoms with Crippen molar-refractivity contribution >= 4 is 53.1 Å². The Morgan fingerprint density at radius 1 is 1.13 bits per heavy atom. The van der Waals surface area contributed by atoms with Crippen LogP contribution in [0.2, 0.25) is 0 Å². The fourth-order valence-electron chi connectivity index (χ4n) is 3.21. The van der Waals surface area contributed by atoms with Gasteiger partial charge < -0.3 is 11.1 Å². The number of hydrogen-bond acceptors (Lipinski definition) is 4. The van der Waals surface area contributed by atoms with Gasteiger partial charge in [0.1, 0.15) is 0 Å². The number of nitrogens with zero attached hydrogens (tertiary/aromatic N) is 3. The summed E-state index contributed by atoms with van der Waals surface area (Å²) in [4.78, 5) is 18.1. The van der Waals surface area contributed by atoms with Crippen LogP contribution in [0.5, 0.6) is 0 Å². The molecule has 2 heterocycles. The van der Waals surface area contributed by atoms with Crippen LogP contribution in [0, 0.1) is 13.8 Å². The highest BCUT2D eigenvalue weighted by atomic mass is 35.5. The molecule has 0 fully saturated rings. The van der Waals surface area contributed by atoms with E-state index in [1.165, 1.54) is 0 Å². The van der Waals surface area contributed by atoms with Crippen LogP contribution in [-0.4, -0.2) is 20.7 Å². The summed E-state index contributed by atoms with van der Waals surface area (Å²) < 4.78 is 1.91. The van der Waals surface area contributed by atoms with E-state index in [9.17, 15) is 4.79 Å². The molecule has 3 rings (SSSR count). The van der Waals surface area contributed by atoms with Gasteiger partial charge in [0.15, 0.2) is 5.65 Å². The maximum Gasteiger partial charge on any atom is 0.256 e. The molecule has 0 saturated carbocycles. The first-order chi connectivity index (χ1) is 13.0. The molecular formula is C22H31Cl2N5O. The van der Waals surface area contributed by atoms with Gasteiger partial charge in [0.25, 0.3) is 5.91 Å². The van der Waals surface area contributed by atoms with E-state index in [1.807, 2.05) is 36.7 Å². The SMILES string of the molecule is Cc1ccc(N)cc1NC(=O)c1cc(C(C)C)nc2c1c(C)nn2C(C)(C)C.Cl.Cl. The van der Waals surface area contributed by atoms with Crippen molar-refractivity contribution in [2.75, 3.05) is 11.1 Å². The monoisotopic (exact) mass is 451 g/mol. The first kappa shape index (κ1) is 25.7. The molecule has 30 heavy (non-hydrogen) atoms. The minimum absolute atomic E-state index is 0. The Bertz CT molecular complexity index is 1070. The summed E-state index contributed by atoms with van der Waals surface area (Å²) in [6, 6.07) is 7.38. The molecule has 1 amide bonds. The fourth-order valence-corrected chi connectivity index (χ4v) is 3.21. The second kappa shape index (κ2) is 9.23. The lowest BCUT2D eigenvalue weighted by Crippen LogP contribution is -2.24. The number of amides is 1. The second-order valence-corrected chi connectivity index (χ2v) is 8.64. The van der Waals surface area contributed by atoms with Crippen molar-refractivity contribution in [1.82, 2.24) is 14.8 Å². The molecule has 0 aliphatic carbocycles. The molecule has 0 aliphatic heterocycles. The predicted molar refractivity (Wildman–Crippen MR) is 129 cm³/mol. The Labute approximate surface area is 190 Å². The number of halogens is 2. The summed E-state index contributed by atoms with van der Waals surface area (Å²) in [7, 11) is 0. The zero-order valence-electron chi connectivity index (χ0n) is 18.5. The Morgan fingerprint density at radius 2 is 1.77 bits per heavy atom. The van der Waals surface area contributed by atoms with Gasteiger partial charge in [-0.05, 0) is 64.3 Å². The van der Waals surface area contributed by atoms with E-state index in [0.717, 1.165) is 28.0 Å². The molecule has 6 nitrogen and oxygen atoms in total. The highest BCUT2D eigenvalue weighted by Crippen LogP contribution is 2.30. The van der Waals surface area contributed by atoms with E-state index in [0.29, 0.717) is 16.9 Å². The summed E-state index contributed by atoms with van der Waals surface area (Å²) >= 11 is 0. The van der Waals surface area contributed by atoms with Crippen LogP contribution in [-0.2, 0) is 5.54 Å². The highest BCUT2D eigenvalue weighted by Gasteiger charge is 2.25. The first-order valence-corrected chi connectivity index (χ1v) is 9.57. The number of anilines is 2. The number of benzene rings is 1. The van der Waals surface area contributed by atoms with Gasteiger partial charge in [-0.1, -0.05) is 19.9 Å². The number of hydrogen-bond donors (Lipinski definition) is 2. The second-order valence-electron chi connectivity index (χ2n) is 8.64. The van der Waals surface area contributed by atoms with E-state index in [-0.39, 0.29) is 42.2 Å². The molecule has 2 aromatic heterocycles. The van der Waals surface area contributed by atoms with E-state index in [4.69, 9.17) is 15.8 Å². The number of nitrogen functional groups attached to an aromatic ring is 1. The smallest absolute Gasteiger partial charge is 0.256 e. The molecule has 164 valence electrons. The van der Waals surface area contributed by atoms with Crippen molar-refractivity contribution in [3.63, 3.8) is 0 Å². The Hall–Kier alpha value is -2.31. The molecule has 0 radical (unpaired) electrons. The van der Waals surface area contributed by atoms with Gasteiger partial charge in [-0.3, -0.25) is 4.79 Å². The molecule has 0 spiro atoms. The lowest BCUT2D eigenvalue weighted by atomic mass is 10.0. The number of carbonyl (C=O) groups is 1. The third kappa shape index (κ3) is 4.87. The Balaban J connectivity index is 0.00000225. The van der Waals surface area contributed by atoms with Gasteiger partial charge in [0.05, 0.1) is 22.2 Å². The van der Waals surface area contributed by atoms with Crippen LogP contribution < -0.4 is 11.1 Å². The van der Waals surface area contributed by atoms with Crippen LogP contribution >= 0.6 is 24.8 Å². The van der Waals surface area contributed by atoms with Gasteiger partial charge in [0.2, 0.25) is 0 Å². The first-order valence-electron chi connectivity index (χ1n) is 9.57. The Kier molecular flexibility index (Phi) is 7.91. The molecule has 3 aromatic rings. The Morgan fingerprint density at radius 3 is 2.33 bits per heavy atom. The van der Waals surface area contributed by atoms with E-state index in [1.54, 1.807) is 6.07 Å². The molecule has 0 aliphatic rings. The van der Waals surface area contributed by atoms with Gasteiger partial charge >= 0.3 is 0 Å². The van der Waals surface area contributed by atoms with Crippen molar-refractivity contribution in [2.45, 2.75) is 59.9 Å². The molecule has 3 N–H and O–H groups in total. The van der Waals surface area contributed by atoms with Crippen molar-refractivity contribution in [1.29, 1.82) is 0 Å². The van der Waals surface area contributed by atoms with Crippen molar-refractivity contribution in [3.05, 3.63) is 46.8 Å². The van der Waals surface area contributed by atoms with Gasteiger partial charge in [0, 0.05) is 17.1 Å². The maximum atomic E-state index is 13.3. The van der Waals surface area contributed by atoms with Crippen LogP contribution in [0.15, 0.2) is 24.3 Å². The summed E-state index contributed by atoms with van der Waals surface area (Å²) in [6.45, 7) is 14.3. The third-order valence-electron chi connectivity index (χ3n) is 4.81. The average molecular weight is 452 g/mol. The standard InChI is InChI=1S/C22H29N5O.2ClH/c1-12(2)17-11-16(21(28)25-18-10-15(23)9-8-13(18)3)19-14(4)26-27(20(19)24-17)22(5,6)7;;/h8-12H,23H2,1-7H3,(H,25,28);2*1H. The van der Waals surface area contributed by atoms with Crippen molar-refractivity contribution in [2.24, 2.45) is 0 Å². The number of aryl methyl sites for hydroxylation is 2. The molecule has 0 saturated heterocycles. The summed E-state index contributed by atoms with van der Waals surface area (Å²) in [5.74, 6) is 0.00763. The molecule has 0 atom stereocenters. The zero-order chi connectivity index (χ0) is 20.8. The largest absolute Gasteiger partial charge is 0.399 e. The molecule has 1 aromatic carbocycles. The normalized spacial score (nSPS) is 11.2. The fraction of sp³-hybridized carbons (Fsp3) is 0.409. The number of nitrogens with two attached hydrogens (primary N) is 1. The summed E-state index contributed by atoms with van der Waals surface area (Å²) in [6.07, 6.45) is 0. The maximum absolute atomic E-state index is 13.3. The van der Waals surface area contributed by atoms with Crippen molar-refractivity contribution < 1.29 is 4.79 Å². The lowest BCUT2D eigenvalue weighted by molar-refractivity contribution is 0.102. The van der Waals surface area contributed by atoms with Gasteiger partial charge in [-0.2, -0.15) is 5.10 Å². The summed E-state index contributed by atoms with van der Waals surface area (Å²) in [5, 5.41) is 8.50.